The zero-order valence-electron chi connectivity index (χ0n) is 8.21. The first-order valence-corrected chi connectivity index (χ1v) is 5.51. The van der Waals surface area contributed by atoms with Crippen LogP contribution in [0.2, 0.25) is 0 Å². The smallest absolute Gasteiger partial charge is 0.287 e. The van der Waals surface area contributed by atoms with Crippen LogP contribution in [-0.4, -0.2) is 6.04 Å². The summed E-state index contributed by atoms with van der Waals surface area (Å²) in [7, 11) is 0. The summed E-state index contributed by atoms with van der Waals surface area (Å²) in [6.07, 6.45) is 0. The lowest BCUT2D eigenvalue weighted by Crippen LogP contribution is -2.35. The molecule has 1 unspecified atom stereocenters. The predicted octanol–water partition coefficient (Wildman–Crippen LogP) is 3.34. The molecular weight excluding hydrogens is 216 g/mol. The highest BCUT2D eigenvalue weighted by atomic mass is 32.1. The molecule has 2 rings (SSSR count). The van der Waals surface area contributed by atoms with E-state index in [9.17, 15) is 8.78 Å². The fraction of sp³-hybridized carbons (Fsp3) is 0.273. The summed E-state index contributed by atoms with van der Waals surface area (Å²) in [5.41, 5.74) is 5.26. The van der Waals surface area contributed by atoms with E-state index >= 15 is 0 Å². The van der Waals surface area contributed by atoms with E-state index in [0.717, 1.165) is 10.1 Å². The molecule has 0 aliphatic rings. The SMILES string of the molecule is CC(N)C(F)(F)c1ccc2sccc2c1. The highest BCUT2D eigenvalue weighted by Crippen LogP contribution is 2.33. The number of fused-ring (bicyclic) bond motifs is 1. The van der Waals surface area contributed by atoms with Crippen LogP contribution in [0.3, 0.4) is 0 Å². The van der Waals surface area contributed by atoms with Crippen LogP contribution in [0.4, 0.5) is 8.78 Å². The molecule has 1 nitrogen and oxygen atoms in total. The van der Waals surface area contributed by atoms with Crippen LogP contribution in [-0.2, 0) is 5.92 Å². The predicted molar refractivity (Wildman–Crippen MR) is 59.4 cm³/mol. The fourth-order valence-electron chi connectivity index (χ4n) is 1.44. The van der Waals surface area contributed by atoms with Gasteiger partial charge in [-0.1, -0.05) is 6.07 Å². The average Bonchev–Trinajstić information content (AvgIpc) is 2.63. The van der Waals surface area contributed by atoms with Crippen LogP contribution in [0, 0.1) is 0 Å². The molecule has 2 aromatic rings. The maximum Gasteiger partial charge on any atom is 0.287 e. The van der Waals surface area contributed by atoms with Crippen LogP contribution in [0.5, 0.6) is 0 Å². The van der Waals surface area contributed by atoms with Crippen LogP contribution in [0.15, 0.2) is 29.6 Å². The van der Waals surface area contributed by atoms with E-state index in [-0.39, 0.29) is 5.56 Å². The lowest BCUT2D eigenvalue weighted by atomic mass is 10.0. The highest BCUT2D eigenvalue weighted by Gasteiger charge is 2.36. The molecule has 0 fully saturated rings. The van der Waals surface area contributed by atoms with Gasteiger partial charge in [-0.05, 0) is 35.9 Å². The fourth-order valence-corrected chi connectivity index (χ4v) is 2.21. The second-order valence-corrected chi connectivity index (χ2v) is 4.53. The summed E-state index contributed by atoms with van der Waals surface area (Å²) in [6, 6.07) is 5.33. The molecule has 4 heteroatoms. The molecule has 0 aliphatic heterocycles. The minimum absolute atomic E-state index is 0.0107. The Balaban J connectivity index is 2.52. The second kappa shape index (κ2) is 3.54. The number of nitrogens with two attached hydrogens (primary N) is 1. The van der Waals surface area contributed by atoms with E-state index in [0.29, 0.717) is 0 Å². The Bertz CT molecular complexity index is 476. The van der Waals surface area contributed by atoms with Crippen molar-refractivity contribution < 1.29 is 8.78 Å². The first kappa shape index (κ1) is 10.5. The van der Waals surface area contributed by atoms with Crippen LogP contribution in [0.25, 0.3) is 10.1 Å². The zero-order valence-corrected chi connectivity index (χ0v) is 9.02. The maximum absolute atomic E-state index is 13.6. The van der Waals surface area contributed by atoms with Gasteiger partial charge in [-0.15, -0.1) is 11.3 Å². The molecule has 15 heavy (non-hydrogen) atoms. The number of benzene rings is 1. The van der Waals surface area contributed by atoms with E-state index < -0.39 is 12.0 Å². The zero-order chi connectivity index (χ0) is 11.1. The van der Waals surface area contributed by atoms with E-state index in [1.54, 1.807) is 6.07 Å². The van der Waals surface area contributed by atoms with E-state index in [1.807, 2.05) is 11.4 Å². The largest absolute Gasteiger partial charge is 0.323 e. The lowest BCUT2D eigenvalue weighted by molar-refractivity contribution is -0.0255. The number of halogens is 2. The van der Waals surface area contributed by atoms with Gasteiger partial charge in [0, 0.05) is 10.3 Å². The van der Waals surface area contributed by atoms with E-state index in [2.05, 4.69) is 0 Å². The Hall–Kier alpha value is -1.00. The first-order chi connectivity index (χ1) is 7.01. The van der Waals surface area contributed by atoms with Gasteiger partial charge in [0.15, 0.2) is 0 Å². The second-order valence-electron chi connectivity index (χ2n) is 3.58. The standard InChI is InChI=1S/C11H11F2NS/c1-7(14)11(12,13)9-2-3-10-8(6-9)4-5-15-10/h2-7H,14H2,1H3. The quantitative estimate of drug-likeness (QED) is 0.836. The summed E-state index contributed by atoms with van der Waals surface area (Å²) in [5.74, 6) is -2.96. The third-order valence-corrected chi connectivity index (χ3v) is 3.31. The Labute approximate surface area is 90.5 Å². The Kier molecular flexibility index (Phi) is 2.48. The van der Waals surface area contributed by atoms with Gasteiger partial charge < -0.3 is 5.73 Å². The third kappa shape index (κ3) is 1.75. The highest BCUT2D eigenvalue weighted by molar-refractivity contribution is 7.17. The van der Waals surface area contributed by atoms with Crippen molar-refractivity contribution in [2.75, 3.05) is 0 Å². The number of thiophene rings is 1. The maximum atomic E-state index is 13.6. The Morgan fingerprint density at radius 1 is 1.33 bits per heavy atom. The van der Waals surface area contributed by atoms with Gasteiger partial charge in [-0.2, -0.15) is 8.78 Å². The molecule has 0 bridgehead atoms. The van der Waals surface area contributed by atoms with Gasteiger partial charge in [0.05, 0.1) is 6.04 Å². The van der Waals surface area contributed by atoms with Crippen LogP contribution in [0.1, 0.15) is 12.5 Å². The van der Waals surface area contributed by atoms with Crippen molar-refractivity contribution in [1.29, 1.82) is 0 Å². The van der Waals surface area contributed by atoms with Gasteiger partial charge >= 0.3 is 0 Å². The lowest BCUT2D eigenvalue weighted by Gasteiger charge is -2.20. The van der Waals surface area contributed by atoms with Crippen molar-refractivity contribution in [2.45, 2.75) is 18.9 Å². The summed E-state index contributed by atoms with van der Waals surface area (Å²) in [4.78, 5) is 0. The molecule has 0 saturated carbocycles. The molecule has 0 aliphatic carbocycles. The molecule has 1 heterocycles. The van der Waals surface area contributed by atoms with Crippen molar-refractivity contribution in [1.82, 2.24) is 0 Å². The van der Waals surface area contributed by atoms with Gasteiger partial charge in [0.2, 0.25) is 0 Å². The minimum Gasteiger partial charge on any atom is -0.323 e. The Morgan fingerprint density at radius 2 is 2.07 bits per heavy atom. The van der Waals surface area contributed by atoms with Crippen molar-refractivity contribution in [3.63, 3.8) is 0 Å². The van der Waals surface area contributed by atoms with Crippen LogP contribution >= 0.6 is 11.3 Å². The summed E-state index contributed by atoms with van der Waals surface area (Å²) < 4.78 is 28.2. The molecule has 1 atom stereocenters. The van der Waals surface area contributed by atoms with E-state index in [4.69, 9.17) is 5.73 Å². The molecule has 1 aromatic carbocycles. The normalized spacial score (nSPS) is 14.4. The van der Waals surface area contributed by atoms with Crippen molar-refractivity contribution in [2.24, 2.45) is 5.73 Å². The number of alkyl halides is 2. The molecule has 0 saturated heterocycles. The molecule has 0 amide bonds. The minimum atomic E-state index is -2.96. The summed E-state index contributed by atoms with van der Waals surface area (Å²) in [6.45, 7) is 1.32. The van der Waals surface area contributed by atoms with Gasteiger partial charge in [0.25, 0.3) is 5.92 Å². The first-order valence-electron chi connectivity index (χ1n) is 4.63. The molecule has 0 radical (unpaired) electrons. The molecule has 2 N–H and O–H groups in total. The number of rotatable bonds is 2. The van der Waals surface area contributed by atoms with Gasteiger partial charge in [-0.25, -0.2) is 0 Å². The van der Waals surface area contributed by atoms with Crippen LogP contribution < -0.4 is 5.73 Å². The molecule has 80 valence electrons. The molecular formula is C11H11F2NS. The molecule has 1 aromatic heterocycles. The van der Waals surface area contributed by atoms with Gasteiger partial charge in [-0.3, -0.25) is 0 Å². The summed E-state index contributed by atoms with van der Waals surface area (Å²) in [5, 5.41) is 2.73. The molecule has 0 spiro atoms. The van der Waals surface area contributed by atoms with E-state index in [1.165, 1.54) is 30.4 Å². The number of hydrogen-bond donors (Lipinski definition) is 1. The average molecular weight is 227 g/mol. The third-order valence-electron chi connectivity index (χ3n) is 2.41. The topological polar surface area (TPSA) is 26.0 Å². The van der Waals surface area contributed by atoms with Crippen molar-refractivity contribution >= 4 is 21.4 Å². The Morgan fingerprint density at radius 3 is 2.73 bits per heavy atom. The summed E-state index contributed by atoms with van der Waals surface area (Å²) >= 11 is 1.54. The monoisotopic (exact) mass is 227 g/mol. The van der Waals surface area contributed by atoms with Gasteiger partial charge in [0.1, 0.15) is 0 Å². The van der Waals surface area contributed by atoms with Crippen molar-refractivity contribution in [3.8, 4) is 0 Å². The van der Waals surface area contributed by atoms with Crippen molar-refractivity contribution in [3.05, 3.63) is 35.2 Å². The number of hydrogen-bond acceptors (Lipinski definition) is 2.